The van der Waals surface area contributed by atoms with Gasteiger partial charge in [0.05, 0.1) is 21.8 Å². The Labute approximate surface area is 123 Å². The summed E-state index contributed by atoms with van der Waals surface area (Å²) in [6.45, 7) is 2.08. The SMILES string of the molecule is CC(Nc1c(Cl)cc(Br)cc1Cl)c1cccs1. The highest BCUT2D eigenvalue weighted by Crippen LogP contribution is 2.36. The topological polar surface area (TPSA) is 12.0 Å². The lowest BCUT2D eigenvalue weighted by molar-refractivity contribution is 0.908. The first-order chi connectivity index (χ1) is 8.08. The molecule has 1 aromatic carbocycles. The number of nitrogens with one attached hydrogen (secondary N) is 1. The quantitative estimate of drug-likeness (QED) is 0.716. The van der Waals surface area contributed by atoms with Crippen LogP contribution in [-0.2, 0) is 0 Å². The third kappa shape index (κ3) is 3.16. The van der Waals surface area contributed by atoms with E-state index in [-0.39, 0.29) is 6.04 Å². The van der Waals surface area contributed by atoms with Crippen molar-refractivity contribution in [3.05, 3.63) is 49.0 Å². The molecule has 1 aromatic heterocycles. The lowest BCUT2D eigenvalue weighted by atomic mass is 10.2. The number of thiophene rings is 1. The zero-order valence-corrected chi connectivity index (χ0v) is 12.9. The minimum atomic E-state index is 0.186. The summed E-state index contributed by atoms with van der Waals surface area (Å²) in [6, 6.07) is 7.96. The van der Waals surface area contributed by atoms with E-state index in [9.17, 15) is 0 Å². The second-order valence-electron chi connectivity index (χ2n) is 3.63. The van der Waals surface area contributed by atoms with E-state index in [0.717, 1.165) is 10.2 Å². The van der Waals surface area contributed by atoms with E-state index in [1.54, 1.807) is 11.3 Å². The Morgan fingerprint density at radius 3 is 2.47 bits per heavy atom. The molecule has 0 spiro atoms. The molecule has 5 heteroatoms. The van der Waals surface area contributed by atoms with Crippen LogP contribution >= 0.6 is 50.5 Å². The second kappa shape index (κ2) is 5.61. The molecule has 1 nitrogen and oxygen atoms in total. The Kier molecular flexibility index (Phi) is 4.36. The van der Waals surface area contributed by atoms with Gasteiger partial charge in [-0.3, -0.25) is 0 Å². The fourth-order valence-electron chi connectivity index (χ4n) is 1.51. The highest BCUT2D eigenvalue weighted by molar-refractivity contribution is 9.10. The summed E-state index contributed by atoms with van der Waals surface area (Å²) >= 11 is 17.4. The van der Waals surface area contributed by atoms with Crippen LogP contribution < -0.4 is 5.32 Å². The van der Waals surface area contributed by atoms with Crippen molar-refractivity contribution < 1.29 is 0 Å². The number of halogens is 3. The molecule has 0 fully saturated rings. The van der Waals surface area contributed by atoms with Crippen LogP contribution in [0.2, 0.25) is 10.0 Å². The summed E-state index contributed by atoms with van der Waals surface area (Å²) in [5.41, 5.74) is 0.775. The van der Waals surface area contributed by atoms with Gasteiger partial charge in [0, 0.05) is 9.35 Å². The molecule has 2 aromatic rings. The van der Waals surface area contributed by atoms with Crippen molar-refractivity contribution in [3.8, 4) is 0 Å². The Balaban J connectivity index is 2.25. The molecule has 0 saturated carbocycles. The molecule has 0 aliphatic carbocycles. The zero-order valence-electron chi connectivity index (χ0n) is 9.01. The summed E-state index contributed by atoms with van der Waals surface area (Å²) in [5, 5.41) is 6.62. The molecule has 17 heavy (non-hydrogen) atoms. The number of hydrogen-bond donors (Lipinski definition) is 1. The first-order valence-electron chi connectivity index (χ1n) is 5.02. The smallest absolute Gasteiger partial charge is 0.0724 e. The van der Waals surface area contributed by atoms with E-state index < -0.39 is 0 Å². The fraction of sp³-hybridized carbons (Fsp3) is 0.167. The largest absolute Gasteiger partial charge is 0.375 e. The lowest BCUT2D eigenvalue weighted by Gasteiger charge is -2.16. The Hall–Kier alpha value is -0.220. The number of benzene rings is 1. The van der Waals surface area contributed by atoms with Crippen LogP contribution in [0.3, 0.4) is 0 Å². The first kappa shape index (κ1) is 13.2. The van der Waals surface area contributed by atoms with E-state index in [2.05, 4.69) is 39.6 Å². The van der Waals surface area contributed by atoms with Gasteiger partial charge in [0.15, 0.2) is 0 Å². The second-order valence-corrected chi connectivity index (χ2v) is 6.34. The maximum absolute atomic E-state index is 6.17. The molecular formula is C12H10BrCl2NS. The van der Waals surface area contributed by atoms with Crippen molar-refractivity contribution in [2.24, 2.45) is 0 Å². The molecule has 1 heterocycles. The number of anilines is 1. The molecule has 0 aliphatic heterocycles. The van der Waals surface area contributed by atoms with Gasteiger partial charge in [-0.05, 0) is 30.5 Å². The number of hydrogen-bond acceptors (Lipinski definition) is 2. The van der Waals surface area contributed by atoms with Crippen molar-refractivity contribution in [2.45, 2.75) is 13.0 Å². The molecule has 1 N–H and O–H groups in total. The maximum Gasteiger partial charge on any atom is 0.0724 e. The lowest BCUT2D eigenvalue weighted by Crippen LogP contribution is -2.05. The van der Waals surface area contributed by atoms with Gasteiger partial charge in [-0.25, -0.2) is 0 Å². The van der Waals surface area contributed by atoms with Crippen LogP contribution in [0.4, 0.5) is 5.69 Å². The van der Waals surface area contributed by atoms with Crippen LogP contribution in [-0.4, -0.2) is 0 Å². The minimum Gasteiger partial charge on any atom is -0.375 e. The van der Waals surface area contributed by atoms with Gasteiger partial charge in [-0.2, -0.15) is 0 Å². The molecule has 0 bridgehead atoms. The molecule has 0 aliphatic rings. The Morgan fingerprint density at radius 2 is 1.94 bits per heavy atom. The van der Waals surface area contributed by atoms with Crippen LogP contribution in [0.15, 0.2) is 34.1 Å². The zero-order chi connectivity index (χ0) is 12.4. The fourth-order valence-corrected chi connectivity index (χ4v) is 3.56. The predicted octanol–water partition coefficient (Wildman–Crippen LogP) is 5.99. The molecule has 90 valence electrons. The molecule has 0 saturated heterocycles. The van der Waals surface area contributed by atoms with Gasteiger partial charge in [0.1, 0.15) is 0 Å². The van der Waals surface area contributed by atoms with Crippen molar-refractivity contribution in [1.29, 1.82) is 0 Å². The third-order valence-electron chi connectivity index (χ3n) is 2.34. The monoisotopic (exact) mass is 349 g/mol. The van der Waals surface area contributed by atoms with Crippen LogP contribution in [0.25, 0.3) is 0 Å². The highest BCUT2D eigenvalue weighted by atomic mass is 79.9. The van der Waals surface area contributed by atoms with Gasteiger partial charge >= 0.3 is 0 Å². The van der Waals surface area contributed by atoms with Gasteiger partial charge in [-0.1, -0.05) is 45.2 Å². The molecular weight excluding hydrogens is 341 g/mol. The van der Waals surface area contributed by atoms with E-state index in [4.69, 9.17) is 23.2 Å². The van der Waals surface area contributed by atoms with Crippen molar-refractivity contribution in [2.75, 3.05) is 5.32 Å². The van der Waals surface area contributed by atoms with Gasteiger partial charge < -0.3 is 5.32 Å². The third-order valence-corrected chi connectivity index (χ3v) is 4.45. The average Bonchev–Trinajstić information content (AvgIpc) is 2.76. The maximum atomic E-state index is 6.17. The minimum absolute atomic E-state index is 0.186. The standard InChI is InChI=1S/C12H10BrCl2NS/c1-7(11-3-2-4-17-11)16-12-9(14)5-8(13)6-10(12)15/h2-7,16H,1H3. The average molecular weight is 351 g/mol. The first-order valence-corrected chi connectivity index (χ1v) is 7.45. The summed E-state index contributed by atoms with van der Waals surface area (Å²) in [7, 11) is 0. The van der Waals surface area contributed by atoms with E-state index in [0.29, 0.717) is 10.0 Å². The Bertz CT molecular complexity index is 490. The molecule has 1 atom stereocenters. The van der Waals surface area contributed by atoms with Crippen molar-refractivity contribution >= 4 is 56.2 Å². The molecule has 2 rings (SSSR count). The van der Waals surface area contributed by atoms with Crippen molar-refractivity contribution in [3.63, 3.8) is 0 Å². The summed E-state index contributed by atoms with van der Waals surface area (Å²) in [4.78, 5) is 1.25. The van der Waals surface area contributed by atoms with Gasteiger partial charge in [-0.15, -0.1) is 11.3 Å². The van der Waals surface area contributed by atoms with Gasteiger partial charge in [0.25, 0.3) is 0 Å². The predicted molar refractivity (Wildman–Crippen MR) is 80.5 cm³/mol. The molecule has 0 amide bonds. The molecule has 0 radical (unpaired) electrons. The highest BCUT2D eigenvalue weighted by Gasteiger charge is 2.12. The normalized spacial score (nSPS) is 12.5. The van der Waals surface area contributed by atoms with E-state index >= 15 is 0 Å². The number of rotatable bonds is 3. The van der Waals surface area contributed by atoms with E-state index in [1.807, 2.05) is 18.2 Å². The summed E-state index contributed by atoms with van der Waals surface area (Å²) in [6.07, 6.45) is 0. The molecule has 1 unspecified atom stereocenters. The summed E-state index contributed by atoms with van der Waals surface area (Å²) in [5.74, 6) is 0. The van der Waals surface area contributed by atoms with Crippen LogP contribution in [0.1, 0.15) is 17.8 Å². The van der Waals surface area contributed by atoms with Crippen molar-refractivity contribution in [1.82, 2.24) is 0 Å². The van der Waals surface area contributed by atoms with Crippen LogP contribution in [0.5, 0.6) is 0 Å². The summed E-state index contributed by atoms with van der Waals surface area (Å²) < 4.78 is 0.877. The van der Waals surface area contributed by atoms with Gasteiger partial charge in [0.2, 0.25) is 0 Å². The van der Waals surface area contributed by atoms with Crippen LogP contribution in [0, 0.1) is 0 Å². The Morgan fingerprint density at radius 1 is 1.29 bits per heavy atom. The van der Waals surface area contributed by atoms with E-state index in [1.165, 1.54) is 4.88 Å².